The number of nitrogens with zero attached hydrogens (tertiary/aromatic N) is 1. The number of likely N-dealkylation sites (tertiary alicyclic amines) is 1. The maximum atomic E-state index is 12.3. The van der Waals surface area contributed by atoms with E-state index in [0.717, 1.165) is 50.3 Å². The molecule has 0 spiro atoms. The lowest BCUT2D eigenvalue weighted by Crippen LogP contribution is -2.44. The smallest absolute Gasteiger partial charge is 0.224 e. The average Bonchev–Trinajstić information content (AvgIpc) is 2.86. The van der Waals surface area contributed by atoms with Crippen LogP contribution in [-0.4, -0.2) is 59.2 Å². The summed E-state index contributed by atoms with van der Waals surface area (Å²) in [6, 6.07) is 0.733. The largest absolute Gasteiger partial charge is 0.396 e. The van der Waals surface area contributed by atoms with Crippen LogP contribution >= 0.6 is 11.8 Å². The van der Waals surface area contributed by atoms with Gasteiger partial charge in [0.15, 0.2) is 0 Å². The summed E-state index contributed by atoms with van der Waals surface area (Å²) in [6.07, 6.45) is 4.64. The Kier molecular flexibility index (Phi) is 5.79. The van der Waals surface area contributed by atoms with Crippen molar-refractivity contribution in [1.29, 1.82) is 0 Å². The number of hydrogen-bond donors (Lipinski definition) is 2. The van der Waals surface area contributed by atoms with Crippen molar-refractivity contribution >= 4 is 17.7 Å². The predicted molar refractivity (Wildman–Crippen MR) is 74.8 cm³/mol. The molecule has 1 amide bonds. The Hall–Kier alpha value is -0.260. The van der Waals surface area contributed by atoms with Gasteiger partial charge in [0.05, 0.1) is 0 Å². The zero-order chi connectivity index (χ0) is 12.8. The highest BCUT2D eigenvalue weighted by Gasteiger charge is 2.29. The van der Waals surface area contributed by atoms with E-state index in [4.69, 9.17) is 5.11 Å². The van der Waals surface area contributed by atoms with Crippen LogP contribution in [0.25, 0.3) is 0 Å². The normalized spacial score (nSPS) is 28.6. The summed E-state index contributed by atoms with van der Waals surface area (Å²) in [5, 5.41) is 12.3. The number of thioether (sulfide) groups is 1. The van der Waals surface area contributed by atoms with Crippen molar-refractivity contribution in [2.45, 2.75) is 44.2 Å². The number of aliphatic hydroxyl groups excluding tert-OH is 1. The molecule has 2 rings (SSSR count). The Labute approximate surface area is 113 Å². The van der Waals surface area contributed by atoms with Crippen LogP contribution in [-0.2, 0) is 4.79 Å². The summed E-state index contributed by atoms with van der Waals surface area (Å²) < 4.78 is 0. The lowest BCUT2D eigenvalue weighted by atomic mass is 10.1. The number of carbonyl (C=O) groups excluding carboxylic acids is 1. The van der Waals surface area contributed by atoms with Gasteiger partial charge in [0.25, 0.3) is 0 Å². The van der Waals surface area contributed by atoms with Crippen molar-refractivity contribution in [1.82, 2.24) is 10.2 Å². The highest BCUT2D eigenvalue weighted by Crippen LogP contribution is 2.23. The first-order valence-corrected chi connectivity index (χ1v) is 8.18. The van der Waals surface area contributed by atoms with E-state index in [0.29, 0.717) is 24.4 Å². The van der Waals surface area contributed by atoms with Gasteiger partial charge in [0, 0.05) is 49.7 Å². The Bertz CT molecular complexity index is 270. The lowest BCUT2D eigenvalue weighted by molar-refractivity contribution is -0.132. The van der Waals surface area contributed by atoms with E-state index < -0.39 is 0 Å². The van der Waals surface area contributed by atoms with E-state index in [1.807, 2.05) is 11.8 Å². The molecule has 5 heteroatoms. The molecule has 0 radical (unpaired) electrons. The molecular formula is C13H24N2O2S. The zero-order valence-corrected chi connectivity index (χ0v) is 11.8. The van der Waals surface area contributed by atoms with Gasteiger partial charge in [-0.15, -0.1) is 0 Å². The van der Waals surface area contributed by atoms with Crippen molar-refractivity contribution in [2.24, 2.45) is 0 Å². The Balaban J connectivity index is 1.79. The third-order valence-electron chi connectivity index (χ3n) is 3.81. The number of hydrogen-bond acceptors (Lipinski definition) is 4. The molecule has 0 bridgehead atoms. The molecule has 0 aromatic carbocycles. The second kappa shape index (κ2) is 7.36. The van der Waals surface area contributed by atoms with Gasteiger partial charge in [-0.3, -0.25) is 4.79 Å². The second-order valence-corrected chi connectivity index (χ2v) is 6.33. The van der Waals surface area contributed by atoms with Gasteiger partial charge in [0.1, 0.15) is 0 Å². The van der Waals surface area contributed by atoms with Crippen LogP contribution in [0, 0.1) is 0 Å². The maximum absolute atomic E-state index is 12.3. The SMILES string of the molecule is O=C(CC1CSCCN1)N1CCCC1CCCO. The van der Waals surface area contributed by atoms with Gasteiger partial charge in [-0.2, -0.15) is 11.8 Å². The molecule has 4 nitrogen and oxygen atoms in total. The summed E-state index contributed by atoms with van der Waals surface area (Å²) >= 11 is 1.94. The molecule has 2 aliphatic heterocycles. The molecule has 2 atom stereocenters. The molecular weight excluding hydrogens is 248 g/mol. The van der Waals surface area contributed by atoms with E-state index in [9.17, 15) is 4.79 Å². The molecule has 2 fully saturated rings. The molecule has 0 saturated carbocycles. The molecule has 2 aliphatic rings. The average molecular weight is 272 g/mol. The fourth-order valence-corrected chi connectivity index (χ4v) is 3.82. The number of amides is 1. The molecule has 104 valence electrons. The first-order valence-electron chi connectivity index (χ1n) is 7.02. The summed E-state index contributed by atoms with van der Waals surface area (Å²) in [5.74, 6) is 2.52. The van der Waals surface area contributed by atoms with Crippen LogP contribution in [0.15, 0.2) is 0 Å². The van der Waals surface area contributed by atoms with E-state index in [-0.39, 0.29) is 6.61 Å². The summed E-state index contributed by atoms with van der Waals surface area (Å²) in [5.41, 5.74) is 0. The van der Waals surface area contributed by atoms with Gasteiger partial charge in [-0.05, 0) is 25.7 Å². The molecule has 2 unspecified atom stereocenters. The summed E-state index contributed by atoms with van der Waals surface area (Å²) in [7, 11) is 0. The molecule has 0 aromatic heterocycles. The fourth-order valence-electron chi connectivity index (χ4n) is 2.87. The van der Waals surface area contributed by atoms with E-state index in [2.05, 4.69) is 10.2 Å². The quantitative estimate of drug-likeness (QED) is 0.779. The van der Waals surface area contributed by atoms with Crippen LogP contribution in [0.1, 0.15) is 32.1 Å². The number of aliphatic hydroxyl groups is 1. The minimum absolute atomic E-state index is 0.235. The number of nitrogens with one attached hydrogen (secondary N) is 1. The van der Waals surface area contributed by atoms with Crippen LogP contribution in [0.4, 0.5) is 0 Å². The monoisotopic (exact) mass is 272 g/mol. The van der Waals surface area contributed by atoms with Crippen molar-refractivity contribution in [3.05, 3.63) is 0 Å². The van der Waals surface area contributed by atoms with Crippen molar-refractivity contribution in [3.8, 4) is 0 Å². The van der Waals surface area contributed by atoms with Crippen LogP contribution in [0.3, 0.4) is 0 Å². The number of carbonyl (C=O) groups is 1. The Morgan fingerprint density at radius 1 is 1.50 bits per heavy atom. The van der Waals surface area contributed by atoms with E-state index >= 15 is 0 Å². The third kappa shape index (κ3) is 3.87. The summed E-state index contributed by atoms with van der Waals surface area (Å²) in [6.45, 7) is 2.17. The van der Waals surface area contributed by atoms with Crippen LogP contribution in [0.5, 0.6) is 0 Å². The van der Waals surface area contributed by atoms with Gasteiger partial charge in [0.2, 0.25) is 5.91 Å². The maximum Gasteiger partial charge on any atom is 0.224 e. The van der Waals surface area contributed by atoms with Gasteiger partial charge in [-0.25, -0.2) is 0 Å². The third-order valence-corrected chi connectivity index (χ3v) is 4.94. The highest BCUT2D eigenvalue weighted by atomic mass is 32.2. The van der Waals surface area contributed by atoms with Crippen LogP contribution in [0.2, 0.25) is 0 Å². The molecule has 2 N–H and O–H groups in total. The fraction of sp³-hybridized carbons (Fsp3) is 0.923. The molecule has 0 aromatic rings. The van der Waals surface area contributed by atoms with E-state index in [1.165, 1.54) is 0 Å². The van der Waals surface area contributed by atoms with Gasteiger partial charge in [-0.1, -0.05) is 0 Å². The van der Waals surface area contributed by atoms with Gasteiger partial charge >= 0.3 is 0 Å². The predicted octanol–water partition coefficient (Wildman–Crippen LogP) is 0.845. The van der Waals surface area contributed by atoms with Crippen molar-refractivity contribution < 1.29 is 9.90 Å². The molecule has 2 saturated heterocycles. The topological polar surface area (TPSA) is 52.6 Å². The lowest BCUT2D eigenvalue weighted by Gasteiger charge is -2.28. The van der Waals surface area contributed by atoms with Gasteiger partial charge < -0.3 is 15.3 Å². The number of rotatable bonds is 5. The Morgan fingerprint density at radius 3 is 3.11 bits per heavy atom. The molecule has 2 heterocycles. The first kappa shape index (κ1) is 14.2. The minimum atomic E-state index is 0.235. The Morgan fingerprint density at radius 2 is 2.39 bits per heavy atom. The van der Waals surface area contributed by atoms with Crippen LogP contribution < -0.4 is 5.32 Å². The second-order valence-electron chi connectivity index (χ2n) is 5.18. The first-order chi connectivity index (χ1) is 8.81. The zero-order valence-electron chi connectivity index (χ0n) is 10.9. The van der Waals surface area contributed by atoms with Crippen molar-refractivity contribution in [2.75, 3.05) is 31.2 Å². The molecule has 18 heavy (non-hydrogen) atoms. The van der Waals surface area contributed by atoms with E-state index in [1.54, 1.807) is 0 Å². The molecule has 0 aliphatic carbocycles. The van der Waals surface area contributed by atoms with Crippen molar-refractivity contribution in [3.63, 3.8) is 0 Å². The highest BCUT2D eigenvalue weighted by molar-refractivity contribution is 7.99. The minimum Gasteiger partial charge on any atom is -0.396 e. The standard InChI is InChI=1S/C13H24N2O2S/c16-7-2-4-12-3-1-6-15(12)13(17)9-11-10-18-8-5-14-11/h11-12,14,16H,1-10H2. The summed E-state index contributed by atoms with van der Waals surface area (Å²) in [4.78, 5) is 14.4.